The molecule has 0 aliphatic heterocycles. The molecule has 13 heavy (non-hydrogen) atoms. The van der Waals surface area contributed by atoms with E-state index in [-0.39, 0.29) is 0 Å². The molecule has 1 nitrogen and oxygen atoms in total. The quantitative estimate of drug-likeness (QED) is 0.488. The Morgan fingerprint density at radius 1 is 1.31 bits per heavy atom. The summed E-state index contributed by atoms with van der Waals surface area (Å²) in [7, 11) is -1.48. The van der Waals surface area contributed by atoms with Crippen LogP contribution >= 0.6 is 0 Å². The molecule has 0 unspecified atom stereocenters. The molecule has 0 aromatic heterocycles. The minimum atomic E-state index is -1.48. The second-order valence-corrected chi connectivity index (χ2v) is 9.91. The molecule has 1 aromatic rings. The second kappa shape index (κ2) is 3.26. The Bertz CT molecular complexity index is 254. The van der Waals surface area contributed by atoms with Gasteiger partial charge in [0.2, 0.25) is 0 Å². The fraction of sp³-hybridized carbons (Fsp3) is 0.545. The summed E-state index contributed by atoms with van der Waals surface area (Å²) in [4.78, 5) is 4.86. The van der Waals surface area contributed by atoms with Crippen LogP contribution in [0.15, 0.2) is 24.3 Å². The normalized spacial score (nSPS) is 13.0. The third-order valence-electron chi connectivity index (χ3n) is 2.89. The lowest BCUT2D eigenvalue weighted by molar-refractivity contribution is 0.727. The van der Waals surface area contributed by atoms with Crippen LogP contribution in [0.3, 0.4) is 0 Å². The van der Waals surface area contributed by atoms with Gasteiger partial charge in [0.15, 0.2) is 0 Å². The van der Waals surface area contributed by atoms with Crippen molar-refractivity contribution in [2.24, 2.45) is 0 Å². The zero-order valence-electron chi connectivity index (χ0n) is 9.26. The Balaban J connectivity index is 2.73. The highest BCUT2D eigenvalue weighted by Gasteiger charge is 2.24. The van der Waals surface area contributed by atoms with Crippen LogP contribution in [0, 0.1) is 0 Å². The maximum atomic E-state index is 4.86. The highest BCUT2D eigenvalue weighted by Crippen LogP contribution is 2.43. The molecule has 0 N–H and O–H groups in total. The van der Waals surface area contributed by atoms with Gasteiger partial charge in [0, 0.05) is 0 Å². The van der Waals surface area contributed by atoms with Gasteiger partial charge < -0.3 is 4.98 Å². The van der Waals surface area contributed by atoms with Crippen LogP contribution in [0.4, 0.5) is 5.69 Å². The molecular formula is C11H19NSi-2. The van der Waals surface area contributed by atoms with Crippen LogP contribution < -0.4 is 0 Å². The average Bonchev–Trinajstić information content (AvgIpc) is 2.35. The van der Waals surface area contributed by atoms with Crippen molar-refractivity contribution in [1.29, 1.82) is 0 Å². The standard InChI is InChI=1S/C11H19NSi/c1-11(2,3)13(4,5)12-10-8-6-7-9-10/h6-9H,1-5H3/q-2. The molecule has 0 aliphatic carbocycles. The van der Waals surface area contributed by atoms with Crippen molar-refractivity contribution in [3.05, 3.63) is 29.2 Å². The molecule has 0 saturated heterocycles. The Labute approximate surface area is 82.6 Å². The topological polar surface area (TPSA) is 14.1 Å². The van der Waals surface area contributed by atoms with Crippen molar-refractivity contribution < 1.29 is 0 Å². The Hall–Kier alpha value is -0.633. The van der Waals surface area contributed by atoms with E-state index in [0.29, 0.717) is 5.04 Å². The lowest BCUT2D eigenvalue weighted by Gasteiger charge is -2.51. The highest BCUT2D eigenvalue weighted by atomic mass is 28.3. The minimum absolute atomic E-state index is 0.338. The number of nitrogens with zero attached hydrogens (tertiary/aromatic N) is 1. The van der Waals surface area contributed by atoms with E-state index in [4.69, 9.17) is 4.98 Å². The van der Waals surface area contributed by atoms with E-state index < -0.39 is 8.24 Å². The molecule has 0 bridgehead atoms. The van der Waals surface area contributed by atoms with Crippen molar-refractivity contribution in [2.45, 2.75) is 38.9 Å². The lowest BCUT2D eigenvalue weighted by atomic mass is 10.2. The molecule has 1 aromatic carbocycles. The van der Waals surface area contributed by atoms with Gasteiger partial charge in [0.25, 0.3) is 0 Å². The summed E-state index contributed by atoms with van der Waals surface area (Å²) in [5.41, 5.74) is 1.14. The van der Waals surface area contributed by atoms with E-state index in [0.717, 1.165) is 5.69 Å². The van der Waals surface area contributed by atoms with Crippen LogP contribution in [0.1, 0.15) is 20.8 Å². The van der Waals surface area contributed by atoms with Crippen LogP contribution in [0.2, 0.25) is 18.1 Å². The number of rotatable bonds is 2. The first-order valence-corrected chi connectivity index (χ1v) is 7.72. The Morgan fingerprint density at radius 3 is 2.31 bits per heavy atom. The molecular weight excluding hydrogens is 174 g/mol. The van der Waals surface area contributed by atoms with Crippen molar-refractivity contribution in [2.75, 3.05) is 0 Å². The summed E-state index contributed by atoms with van der Waals surface area (Å²) in [6, 6.07) is 8.26. The molecule has 0 aliphatic rings. The van der Waals surface area contributed by atoms with Gasteiger partial charge >= 0.3 is 0 Å². The molecule has 0 spiro atoms. The largest absolute Gasteiger partial charge is 0.708 e. The fourth-order valence-electron chi connectivity index (χ4n) is 0.929. The van der Waals surface area contributed by atoms with Gasteiger partial charge in [-0.15, -0.1) is 0 Å². The third-order valence-corrected chi connectivity index (χ3v) is 7.38. The maximum Gasteiger partial charge on any atom is -0.0404 e. The summed E-state index contributed by atoms with van der Waals surface area (Å²) < 4.78 is 0. The van der Waals surface area contributed by atoms with Crippen molar-refractivity contribution in [1.82, 2.24) is 0 Å². The van der Waals surface area contributed by atoms with Crippen molar-refractivity contribution in [3.63, 3.8) is 0 Å². The molecule has 1 rings (SSSR count). The van der Waals surface area contributed by atoms with E-state index in [9.17, 15) is 0 Å². The van der Waals surface area contributed by atoms with Gasteiger partial charge in [0.05, 0.1) is 0 Å². The summed E-state index contributed by atoms with van der Waals surface area (Å²) in [5, 5.41) is 0.338. The third kappa shape index (κ3) is 2.40. The van der Waals surface area contributed by atoms with Gasteiger partial charge in [-0.1, -0.05) is 38.9 Å². The van der Waals surface area contributed by atoms with Gasteiger partial charge in [0.1, 0.15) is 0 Å². The van der Waals surface area contributed by atoms with Crippen LogP contribution in [-0.4, -0.2) is 8.24 Å². The van der Waals surface area contributed by atoms with Crippen LogP contribution in [0.25, 0.3) is 4.98 Å². The predicted octanol–water partition coefficient (Wildman–Crippen LogP) is 4.42. The molecule has 0 radical (unpaired) electrons. The molecule has 0 atom stereocenters. The van der Waals surface area contributed by atoms with E-state index >= 15 is 0 Å². The van der Waals surface area contributed by atoms with E-state index in [1.807, 2.05) is 12.1 Å². The minimum Gasteiger partial charge on any atom is -0.708 e. The smallest absolute Gasteiger partial charge is 0.0404 e. The zero-order chi connectivity index (χ0) is 10.1. The average molecular weight is 193 g/mol. The second-order valence-electron chi connectivity index (χ2n) is 5.06. The maximum absolute atomic E-state index is 4.86. The molecule has 2 heteroatoms. The molecule has 0 heterocycles. The molecule has 0 amide bonds. The van der Waals surface area contributed by atoms with Crippen molar-refractivity contribution in [3.8, 4) is 0 Å². The lowest BCUT2D eigenvalue weighted by Crippen LogP contribution is -2.35. The first kappa shape index (κ1) is 10.4. The molecule has 0 fully saturated rings. The van der Waals surface area contributed by atoms with Gasteiger partial charge in [-0.2, -0.15) is 12.1 Å². The SMILES string of the molecule is CC(C)(C)[Si](C)(C)[N-]c1ccc[cH-]1. The molecule has 0 saturated carbocycles. The first-order chi connectivity index (χ1) is 5.83. The van der Waals surface area contributed by atoms with Crippen LogP contribution in [0.5, 0.6) is 0 Å². The number of hydrogen-bond acceptors (Lipinski definition) is 0. The van der Waals surface area contributed by atoms with E-state index in [1.54, 1.807) is 0 Å². The molecule has 74 valence electrons. The Kier molecular flexibility index (Phi) is 2.62. The fourth-order valence-corrected chi connectivity index (χ4v) is 2.06. The number of hydrogen-bond donors (Lipinski definition) is 0. The van der Waals surface area contributed by atoms with Crippen LogP contribution in [-0.2, 0) is 0 Å². The van der Waals surface area contributed by atoms with Gasteiger partial charge in [-0.3, -0.25) is 5.69 Å². The van der Waals surface area contributed by atoms with Crippen molar-refractivity contribution >= 4 is 13.9 Å². The summed E-state index contributed by atoms with van der Waals surface area (Å²) in [5.74, 6) is 0. The predicted molar refractivity (Wildman–Crippen MR) is 62.3 cm³/mol. The zero-order valence-corrected chi connectivity index (χ0v) is 10.3. The summed E-state index contributed by atoms with van der Waals surface area (Å²) in [6.07, 6.45) is 0. The van der Waals surface area contributed by atoms with Gasteiger partial charge in [-0.05, 0) is 8.24 Å². The van der Waals surface area contributed by atoms with E-state index in [1.165, 1.54) is 0 Å². The van der Waals surface area contributed by atoms with Gasteiger partial charge in [-0.25, -0.2) is 12.1 Å². The van der Waals surface area contributed by atoms with E-state index in [2.05, 4.69) is 46.0 Å². The Morgan fingerprint density at radius 2 is 1.92 bits per heavy atom. The first-order valence-electron chi connectivity index (χ1n) is 4.77. The summed E-state index contributed by atoms with van der Waals surface area (Å²) >= 11 is 0. The monoisotopic (exact) mass is 193 g/mol. The highest BCUT2D eigenvalue weighted by molar-refractivity contribution is 6.85. The summed E-state index contributed by atoms with van der Waals surface area (Å²) in [6.45, 7) is 11.5.